The summed E-state index contributed by atoms with van der Waals surface area (Å²) in [5.74, 6) is 0.677. The van der Waals surface area contributed by atoms with Gasteiger partial charge in [0, 0.05) is 68.4 Å². The Morgan fingerprint density at radius 2 is 1.69 bits per heavy atom. The van der Waals surface area contributed by atoms with E-state index in [1.165, 1.54) is 29.1 Å². The van der Waals surface area contributed by atoms with Crippen LogP contribution in [0.5, 0.6) is 11.8 Å². The summed E-state index contributed by atoms with van der Waals surface area (Å²) in [5, 5.41) is 5.98. The lowest BCUT2D eigenvalue weighted by molar-refractivity contribution is -0.137. The molecule has 0 radical (unpaired) electrons. The van der Waals surface area contributed by atoms with E-state index in [1.54, 1.807) is 40.1 Å². The van der Waals surface area contributed by atoms with Crippen LogP contribution in [0.1, 0.15) is 5.56 Å². The molecular weight excluding hydrogens is 593 g/mol. The molecular formula is C30H31F3N8O4. The number of ether oxygens (including phenoxy) is 2. The number of carbonyl (C=O) groups is 2. The monoisotopic (exact) mass is 624 g/mol. The first-order chi connectivity index (χ1) is 21.6. The summed E-state index contributed by atoms with van der Waals surface area (Å²) in [6.45, 7) is 4.20. The Kier molecular flexibility index (Phi) is 8.45. The summed E-state index contributed by atoms with van der Waals surface area (Å²) < 4.78 is 54.2. The van der Waals surface area contributed by atoms with Crippen LogP contribution in [-0.4, -0.2) is 95.9 Å². The van der Waals surface area contributed by atoms with Crippen LogP contribution in [0.15, 0.2) is 60.9 Å². The highest BCUT2D eigenvalue weighted by atomic mass is 19.4. The molecule has 2 saturated heterocycles. The highest BCUT2D eigenvalue weighted by Crippen LogP contribution is 2.38. The number of carbonyl (C=O) groups excluding carboxylic acids is 2. The predicted octanol–water partition coefficient (Wildman–Crippen LogP) is 4.94. The van der Waals surface area contributed by atoms with Gasteiger partial charge in [-0.2, -0.15) is 18.2 Å². The van der Waals surface area contributed by atoms with Gasteiger partial charge in [0.25, 0.3) is 0 Å². The molecule has 0 bridgehead atoms. The maximum absolute atomic E-state index is 13.9. The van der Waals surface area contributed by atoms with Gasteiger partial charge in [-0.3, -0.25) is 9.88 Å². The molecule has 236 valence electrons. The molecule has 6 rings (SSSR count). The van der Waals surface area contributed by atoms with Gasteiger partial charge in [-0.1, -0.05) is 0 Å². The standard InChI is InChI=1S/C30H31F3N8O4/c1-38-10-12-40(13-11-38)28(42)37-26-6-8-34-27(36-26)45-22-3-5-24-20(18-22)7-9-41(24)29(43)35-21-2-4-25(23(19-21)30(31,32)33)39-14-16-44-17-15-39/h2-9,18-19H,10-17H2,1H3,(H,35,43)(H,34,36,37,42). The quantitative estimate of drug-likeness (QED) is 0.321. The van der Waals surface area contributed by atoms with Crippen molar-refractivity contribution in [1.82, 2.24) is 24.3 Å². The molecule has 2 aliphatic heterocycles. The molecule has 2 aliphatic rings. The number of aromatic nitrogens is 3. The summed E-state index contributed by atoms with van der Waals surface area (Å²) in [7, 11) is 2.01. The zero-order valence-electron chi connectivity index (χ0n) is 24.4. The van der Waals surface area contributed by atoms with E-state index < -0.39 is 17.8 Å². The lowest BCUT2D eigenvalue weighted by Crippen LogP contribution is -2.48. The van der Waals surface area contributed by atoms with E-state index >= 15 is 0 Å². The Hall–Kier alpha value is -4.89. The van der Waals surface area contributed by atoms with Gasteiger partial charge in [0.05, 0.1) is 24.3 Å². The van der Waals surface area contributed by atoms with Crippen molar-refractivity contribution in [3.63, 3.8) is 0 Å². The molecule has 0 saturated carbocycles. The molecule has 15 heteroatoms. The van der Waals surface area contributed by atoms with Crippen LogP contribution >= 0.6 is 0 Å². The normalized spacial score (nSPS) is 16.1. The first kappa shape index (κ1) is 30.1. The fourth-order valence-electron chi connectivity index (χ4n) is 5.23. The molecule has 2 fully saturated rings. The van der Waals surface area contributed by atoms with Crippen molar-refractivity contribution in [3.05, 3.63) is 66.5 Å². The number of nitrogens with zero attached hydrogens (tertiary/aromatic N) is 6. The van der Waals surface area contributed by atoms with Gasteiger partial charge in [0.15, 0.2) is 0 Å². The fourth-order valence-corrected chi connectivity index (χ4v) is 5.23. The number of rotatable bonds is 5. The SMILES string of the molecule is CN1CCN(C(=O)Nc2ccnc(Oc3ccc4c(ccn4C(=O)Nc4ccc(N5CCOCC5)c(C(F)(F)F)c4)c3)n2)CC1. The van der Waals surface area contributed by atoms with Crippen LogP contribution in [0.4, 0.5) is 40.0 Å². The second-order valence-corrected chi connectivity index (χ2v) is 10.7. The number of morpholine rings is 1. The van der Waals surface area contributed by atoms with E-state index in [0.29, 0.717) is 61.9 Å². The molecule has 0 aliphatic carbocycles. The van der Waals surface area contributed by atoms with Gasteiger partial charge >= 0.3 is 24.2 Å². The first-order valence-electron chi connectivity index (χ1n) is 14.4. The Bertz CT molecular complexity index is 1700. The first-order valence-corrected chi connectivity index (χ1v) is 14.4. The fraction of sp³-hybridized carbons (Fsp3) is 0.333. The molecule has 4 aromatic rings. The highest BCUT2D eigenvalue weighted by Gasteiger charge is 2.35. The Labute approximate surface area is 256 Å². The largest absolute Gasteiger partial charge is 0.424 e. The zero-order chi connectivity index (χ0) is 31.6. The van der Waals surface area contributed by atoms with Crippen LogP contribution in [0.25, 0.3) is 10.9 Å². The van der Waals surface area contributed by atoms with Crippen molar-refractivity contribution in [2.24, 2.45) is 0 Å². The topological polar surface area (TPSA) is 117 Å². The van der Waals surface area contributed by atoms with Crippen molar-refractivity contribution < 1.29 is 32.2 Å². The van der Waals surface area contributed by atoms with E-state index in [-0.39, 0.29) is 23.4 Å². The van der Waals surface area contributed by atoms with Crippen molar-refractivity contribution in [2.75, 3.05) is 75.1 Å². The van der Waals surface area contributed by atoms with Gasteiger partial charge in [0.2, 0.25) is 0 Å². The van der Waals surface area contributed by atoms with Crippen LogP contribution in [0, 0.1) is 0 Å². The minimum Gasteiger partial charge on any atom is -0.424 e. The second kappa shape index (κ2) is 12.6. The number of amides is 3. The molecule has 0 atom stereocenters. The number of nitrogens with one attached hydrogen (secondary N) is 2. The molecule has 3 amide bonds. The molecule has 0 spiro atoms. The maximum atomic E-state index is 13.9. The summed E-state index contributed by atoms with van der Waals surface area (Å²) >= 11 is 0. The molecule has 2 aromatic carbocycles. The number of piperazine rings is 1. The van der Waals surface area contributed by atoms with Crippen molar-refractivity contribution in [1.29, 1.82) is 0 Å². The predicted molar refractivity (Wildman–Crippen MR) is 161 cm³/mol. The van der Waals surface area contributed by atoms with Crippen LogP contribution in [0.3, 0.4) is 0 Å². The Morgan fingerprint density at radius 1 is 0.911 bits per heavy atom. The molecule has 2 N–H and O–H groups in total. The molecule has 2 aromatic heterocycles. The van der Waals surface area contributed by atoms with E-state index in [9.17, 15) is 22.8 Å². The number of likely N-dealkylation sites (N-methyl/N-ethyl adjacent to an activating group) is 1. The number of alkyl halides is 3. The number of anilines is 3. The van der Waals surface area contributed by atoms with Crippen molar-refractivity contribution >= 4 is 40.2 Å². The average molecular weight is 625 g/mol. The van der Waals surface area contributed by atoms with E-state index in [0.717, 1.165) is 19.2 Å². The second-order valence-electron chi connectivity index (χ2n) is 10.7. The van der Waals surface area contributed by atoms with Gasteiger partial charge < -0.3 is 29.5 Å². The average Bonchev–Trinajstić information content (AvgIpc) is 3.45. The van der Waals surface area contributed by atoms with Gasteiger partial charge in [-0.05, 0) is 55.6 Å². The summed E-state index contributed by atoms with van der Waals surface area (Å²) in [6.07, 6.45) is -1.62. The smallest absolute Gasteiger partial charge is 0.418 e. The lowest BCUT2D eigenvalue weighted by atomic mass is 10.1. The summed E-state index contributed by atoms with van der Waals surface area (Å²) in [5.41, 5.74) is -0.251. The zero-order valence-corrected chi connectivity index (χ0v) is 24.4. The van der Waals surface area contributed by atoms with Crippen LogP contribution < -0.4 is 20.3 Å². The minimum absolute atomic E-state index is 0.0166. The third-order valence-corrected chi connectivity index (χ3v) is 7.65. The Morgan fingerprint density at radius 3 is 2.44 bits per heavy atom. The minimum atomic E-state index is -4.61. The van der Waals surface area contributed by atoms with Gasteiger partial charge in [-0.15, -0.1) is 0 Å². The number of benzene rings is 2. The van der Waals surface area contributed by atoms with E-state index in [1.807, 2.05) is 7.05 Å². The maximum Gasteiger partial charge on any atom is 0.418 e. The lowest BCUT2D eigenvalue weighted by Gasteiger charge is -2.32. The van der Waals surface area contributed by atoms with Crippen molar-refractivity contribution in [2.45, 2.75) is 6.18 Å². The van der Waals surface area contributed by atoms with Gasteiger partial charge in [-0.25, -0.2) is 14.6 Å². The highest BCUT2D eigenvalue weighted by molar-refractivity contribution is 5.99. The number of hydrogen-bond acceptors (Lipinski definition) is 8. The van der Waals surface area contributed by atoms with Gasteiger partial charge in [0.1, 0.15) is 11.6 Å². The number of hydrogen-bond donors (Lipinski definition) is 2. The number of halogens is 3. The molecule has 4 heterocycles. The summed E-state index contributed by atoms with van der Waals surface area (Å²) in [6, 6.07) is 11.1. The Balaban J connectivity index is 1.13. The van der Waals surface area contributed by atoms with Crippen LogP contribution in [-0.2, 0) is 10.9 Å². The molecule has 45 heavy (non-hydrogen) atoms. The number of urea groups is 1. The van der Waals surface area contributed by atoms with E-state index in [4.69, 9.17) is 9.47 Å². The van der Waals surface area contributed by atoms with Crippen molar-refractivity contribution in [3.8, 4) is 11.8 Å². The van der Waals surface area contributed by atoms with E-state index in [2.05, 4.69) is 25.5 Å². The summed E-state index contributed by atoms with van der Waals surface area (Å²) in [4.78, 5) is 39.6. The molecule has 12 nitrogen and oxygen atoms in total. The number of fused-ring (bicyclic) bond motifs is 1. The third kappa shape index (κ3) is 6.94. The third-order valence-electron chi connectivity index (χ3n) is 7.65. The molecule has 0 unspecified atom stereocenters. The van der Waals surface area contributed by atoms with Crippen LogP contribution in [0.2, 0.25) is 0 Å².